The van der Waals surface area contributed by atoms with Crippen molar-refractivity contribution in [2.75, 3.05) is 19.7 Å². The van der Waals surface area contributed by atoms with E-state index in [4.69, 9.17) is 10.5 Å². The van der Waals surface area contributed by atoms with Crippen LogP contribution in [0.15, 0.2) is 58.4 Å². The monoisotopic (exact) mass is 556 g/mol. The molecule has 1 unspecified atom stereocenters. The van der Waals surface area contributed by atoms with E-state index >= 15 is 0 Å². The highest BCUT2D eigenvalue weighted by atomic mass is 127. The number of fused-ring (bicyclic) bond motifs is 1. The molecule has 2 heterocycles. The number of hydrogen-bond acceptors (Lipinski definition) is 4. The second-order valence-electron chi connectivity index (χ2n) is 7.65. The van der Waals surface area contributed by atoms with Gasteiger partial charge in [-0.1, -0.05) is 42.8 Å². The van der Waals surface area contributed by atoms with Gasteiger partial charge in [0.2, 0.25) is 10.0 Å². The molecule has 9 heteroatoms. The van der Waals surface area contributed by atoms with Gasteiger partial charge in [-0.3, -0.25) is 0 Å². The zero-order valence-electron chi connectivity index (χ0n) is 17.4. The molecule has 0 radical (unpaired) electrons. The molecule has 0 spiro atoms. The third-order valence-corrected chi connectivity index (χ3v) is 7.60. The van der Waals surface area contributed by atoms with Crippen LogP contribution < -0.4 is 15.8 Å². The molecule has 2 aromatic rings. The predicted molar refractivity (Wildman–Crippen MR) is 132 cm³/mol. The van der Waals surface area contributed by atoms with Crippen LogP contribution >= 0.6 is 24.0 Å². The number of sulfonamides is 1. The average molecular weight is 556 g/mol. The van der Waals surface area contributed by atoms with Crippen LogP contribution in [0.4, 0.5) is 0 Å². The maximum atomic E-state index is 13.1. The Labute approximate surface area is 201 Å². The van der Waals surface area contributed by atoms with E-state index in [0.29, 0.717) is 36.1 Å². The lowest BCUT2D eigenvalue weighted by Gasteiger charge is -2.27. The van der Waals surface area contributed by atoms with Crippen molar-refractivity contribution >= 4 is 40.0 Å². The summed E-state index contributed by atoms with van der Waals surface area (Å²) in [4.78, 5) is 4.76. The lowest BCUT2D eigenvalue weighted by molar-refractivity contribution is 0.262. The molecule has 7 nitrogen and oxygen atoms in total. The Kier molecular flexibility index (Phi) is 8.17. The summed E-state index contributed by atoms with van der Waals surface area (Å²) >= 11 is 0. The first-order valence-electron chi connectivity index (χ1n) is 10.4. The quantitative estimate of drug-likeness (QED) is 0.335. The van der Waals surface area contributed by atoms with Gasteiger partial charge in [-0.05, 0) is 30.5 Å². The molecule has 2 aromatic carbocycles. The Balaban J connectivity index is 0.00000272. The molecule has 1 fully saturated rings. The first-order chi connectivity index (χ1) is 14.6. The molecule has 2 aliphatic heterocycles. The van der Waals surface area contributed by atoms with Crippen LogP contribution in [0.5, 0.6) is 5.75 Å². The van der Waals surface area contributed by atoms with E-state index in [-0.39, 0.29) is 36.6 Å². The number of aliphatic imine (C=N–C) groups is 1. The predicted octanol–water partition coefficient (Wildman–Crippen LogP) is 3.41. The highest BCUT2D eigenvalue weighted by Crippen LogP contribution is 2.31. The van der Waals surface area contributed by atoms with Crippen LogP contribution in [0.3, 0.4) is 0 Å². The molecule has 0 saturated carbocycles. The standard InChI is InChI=1S/C22H28N4O3S.HI/c23-22(25-19-12-15-29-20-10-4-3-9-18(19)20)24-16-17-8-2-5-11-21(17)30(27,28)26-13-6-1-7-14-26;/h2-5,8-11,19H,1,6-7,12-16H2,(H3,23,24,25);1H. The summed E-state index contributed by atoms with van der Waals surface area (Å²) in [5, 5.41) is 3.25. The molecular formula is C22H29IN4O3S. The smallest absolute Gasteiger partial charge is 0.243 e. The Morgan fingerprint density at radius 1 is 1.10 bits per heavy atom. The minimum absolute atomic E-state index is 0. The van der Waals surface area contributed by atoms with Gasteiger partial charge in [-0.2, -0.15) is 4.31 Å². The molecule has 1 atom stereocenters. The highest BCUT2D eigenvalue weighted by molar-refractivity contribution is 14.0. The van der Waals surface area contributed by atoms with Crippen molar-refractivity contribution in [3.05, 3.63) is 59.7 Å². The number of nitrogens with two attached hydrogens (primary N) is 1. The van der Waals surface area contributed by atoms with Crippen molar-refractivity contribution in [2.24, 2.45) is 10.7 Å². The van der Waals surface area contributed by atoms with Gasteiger partial charge in [0.25, 0.3) is 0 Å². The maximum absolute atomic E-state index is 13.1. The van der Waals surface area contributed by atoms with Crippen molar-refractivity contribution < 1.29 is 13.2 Å². The summed E-state index contributed by atoms with van der Waals surface area (Å²) in [6, 6.07) is 14.9. The SMILES string of the molecule is I.NC(=NCc1ccccc1S(=O)(=O)N1CCCCC1)NC1CCOc2ccccc21. The Morgan fingerprint density at radius 3 is 2.61 bits per heavy atom. The summed E-state index contributed by atoms with van der Waals surface area (Å²) in [6.07, 6.45) is 3.68. The van der Waals surface area contributed by atoms with Gasteiger partial charge in [0.15, 0.2) is 5.96 Å². The third-order valence-electron chi connectivity index (χ3n) is 5.61. The lowest BCUT2D eigenvalue weighted by atomic mass is 10.0. The van der Waals surface area contributed by atoms with E-state index < -0.39 is 10.0 Å². The van der Waals surface area contributed by atoms with E-state index in [2.05, 4.69) is 10.3 Å². The number of guanidine groups is 1. The Morgan fingerprint density at radius 2 is 1.81 bits per heavy atom. The fourth-order valence-corrected chi connectivity index (χ4v) is 5.75. The molecule has 1 saturated heterocycles. The molecule has 0 amide bonds. The lowest BCUT2D eigenvalue weighted by Crippen LogP contribution is -2.37. The molecule has 31 heavy (non-hydrogen) atoms. The van der Waals surface area contributed by atoms with Crippen molar-refractivity contribution in [2.45, 2.75) is 43.2 Å². The molecular weight excluding hydrogens is 527 g/mol. The number of hydrogen-bond donors (Lipinski definition) is 2. The summed E-state index contributed by atoms with van der Waals surface area (Å²) in [7, 11) is -3.52. The van der Waals surface area contributed by atoms with Gasteiger partial charge in [0.05, 0.1) is 24.1 Å². The van der Waals surface area contributed by atoms with E-state index in [1.165, 1.54) is 0 Å². The van der Waals surface area contributed by atoms with E-state index in [9.17, 15) is 8.42 Å². The zero-order valence-corrected chi connectivity index (χ0v) is 20.5. The second kappa shape index (κ2) is 10.6. The van der Waals surface area contributed by atoms with Gasteiger partial charge >= 0.3 is 0 Å². The van der Waals surface area contributed by atoms with E-state index in [0.717, 1.165) is 37.0 Å². The zero-order chi connectivity index (χ0) is 21.0. The summed E-state index contributed by atoms with van der Waals surface area (Å²) < 4.78 is 33.5. The number of benzene rings is 2. The van der Waals surface area contributed by atoms with Crippen molar-refractivity contribution in [3.63, 3.8) is 0 Å². The van der Waals surface area contributed by atoms with Gasteiger partial charge in [0.1, 0.15) is 5.75 Å². The molecule has 0 aliphatic carbocycles. The molecule has 168 valence electrons. The number of ether oxygens (including phenoxy) is 1. The maximum Gasteiger partial charge on any atom is 0.243 e. The highest BCUT2D eigenvalue weighted by Gasteiger charge is 2.28. The van der Waals surface area contributed by atoms with E-state index in [1.807, 2.05) is 30.3 Å². The van der Waals surface area contributed by atoms with Gasteiger partial charge in [0, 0.05) is 25.1 Å². The number of para-hydroxylation sites is 1. The fourth-order valence-electron chi connectivity index (χ4n) is 4.02. The number of rotatable bonds is 5. The minimum atomic E-state index is -3.52. The first kappa shape index (κ1) is 23.8. The average Bonchev–Trinajstić information content (AvgIpc) is 2.79. The van der Waals surface area contributed by atoms with Crippen LogP contribution in [0.2, 0.25) is 0 Å². The molecule has 2 aliphatic rings. The number of halogens is 1. The first-order valence-corrected chi connectivity index (χ1v) is 11.9. The minimum Gasteiger partial charge on any atom is -0.493 e. The van der Waals surface area contributed by atoms with Crippen LogP contribution in [0.25, 0.3) is 0 Å². The summed E-state index contributed by atoms with van der Waals surface area (Å²) in [5.41, 5.74) is 7.85. The van der Waals surface area contributed by atoms with Crippen molar-refractivity contribution in [1.82, 2.24) is 9.62 Å². The second-order valence-corrected chi connectivity index (χ2v) is 9.55. The van der Waals surface area contributed by atoms with Gasteiger partial charge < -0.3 is 15.8 Å². The largest absolute Gasteiger partial charge is 0.493 e. The third kappa shape index (κ3) is 5.50. The Hall–Kier alpha value is -1.85. The van der Waals surface area contributed by atoms with Crippen LogP contribution in [-0.4, -0.2) is 38.4 Å². The molecule has 0 bridgehead atoms. The van der Waals surface area contributed by atoms with Crippen LogP contribution in [0.1, 0.15) is 42.9 Å². The van der Waals surface area contributed by atoms with Crippen LogP contribution in [-0.2, 0) is 16.6 Å². The van der Waals surface area contributed by atoms with Crippen molar-refractivity contribution in [1.29, 1.82) is 0 Å². The van der Waals surface area contributed by atoms with Crippen LogP contribution in [0, 0.1) is 0 Å². The molecule has 0 aromatic heterocycles. The van der Waals surface area contributed by atoms with E-state index in [1.54, 1.807) is 22.5 Å². The Bertz CT molecular complexity index is 1020. The van der Waals surface area contributed by atoms with Gasteiger partial charge in [-0.25, -0.2) is 13.4 Å². The fraction of sp³-hybridized carbons (Fsp3) is 0.409. The molecule has 4 rings (SSSR count). The summed E-state index contributed by atoms with van der Waals surface area (Å²) in [6.45, 7) is 1.96. The normalized spacial score (nSPS) is 19.6. The number of piperidine rings is 1. The number of nitrogens with zero attached hydrogens (tertiary/aromatic N) is 2. The van der Waals surface area contributed by atoms with Crippen molar-refractivity contribution in [3.8, 4) is 5.75 Å². The van der Waals surface area contributed by atoms with Gasteiger partial charge in [-0.15, -0.1) is 24.0 Å². The number of nitrogens with one attached hydrogen (secondary N) is 1. The molecule has 3 N–H and O–H groups in total. The topological polar surface area (TPSA) is 97.0 Å². The summed E-state index contributed by atoms with van der Waals surface area (Å²) in [5.74, 6) is 1.15.